The van der Waals surface area contributed by atoms with Gasteiger partial charge in [-0.05, 0) is 34.1 Å². The second-order valence-electron chi connectivity index (χ2n) is 4.34. The molecule has 0 aliphatic carbocycles. The van der Waals surface area contributed by atoms with Crippen LogP contribution in [0.3, 0.4) is 0 Å². The van der Waals surface area contributed by atoms with Gasteiger partial charge in [0.1, 0.15) is 11.4 Å². The summed E-state index contributed by atoms with van der Waals surface area (Å²) in [5, 5.41) is 9.75. The molecule has 0 spiro atoms. The first-order valence-corrected chi connectivity index (χ1v) is 7.48. The Balaban J connectivity index is 2.37. The average molecular weight is 423 g/mol. The Labute approximate surface area is 137 Å². The van der Waals surface area contributed by atoms with Crippen LogP contribution in [0.25, 0.3) is 0 Å². The van der Waals surface area contributed by atoms with Crippen LogP contribution in [0.15, 0.2) is 39.3 Å². The van der Waals surface area contributed by atoms with E-state index in [0.717, 1.165) is 0 Å². The molecule has 0 unspecified atom stereocenters. The molecule has 0 atom stereocenters. The summed E-state index contributed by atoms with van der Waals surface area (Å²) in [7, 11) is 1.36. The molecule has 0 radical (unpaired) electrons. The van der Waals surface area contributed by atoms with Gasteiger partial charge in [0, 0.05) is 27.0 Å². The van der Waals surface area contributed by atoms with Crippen LogP contribution in [0.2, 0.25) is 0 Å². The second-order valence-corrected chi connectivity index (χ2v) is 6.11. The maximum absolute atomic E-state index is 14.4. The molecule has 0 aliphatic heterocycles. The monoisotopic (exact) mass is 421 g/mol. The van der Waals surface area contributed by atoms with Crippen LogP contribution in [-0.2, 0) is 12.3 Å². The van der Waals surface area contributed by atoms with Gasteiger partial charge in [-0.1, -0.05) is 22.0 Å². The highest BCUT2D eigenvalue weighted by Crippen LogP contribution is 2.38. The Morgan fingerprint density at radius 3 is 2.57 bits per heavy atom. The van der Waals surface area contributed by atoms with Gasteiger partial charge >= 0.3 is 0 Å². The van der Waals surface area contributed by atoms with Crippen molar-refractivity contribution in [1.29, 1.82) is 0 Å². The van der Waals surface area contributed by atoms with E-state index in [9.17, 15) is 13.9 Å². The molecule has 0 aliphatic rings. The quantitative estimate of drug-likeness (QED) is 0.779. The van der Waals surface area contributed by atoms with Crippen molar-refractivity contribution in [2.45, 2.75) is 12.3 Å². The van der Waals surface area contributed by atoms with E-state index < -0.39 is 18.0 Å². The molecule has 0 saturated carbocycles. The summed E-state index contributed by atoms with van der Waals surface area (Å²) < 4.78 is 34.5. The van der Waals surface area contributed by atoms with Gasteiger partial charge in [-0.3, -0.25) is 0 Å². The maximum atomic E-state index is 14.4. The average Bonchev–Trinajstić information content (AvgIpc) is 2.42. The zero-order valence-corrected chi connectivity index (χ0v) is 14.1. The Bertz CT molecular complexity index is 665. The number of alkyl halides is 2. The van der Waals surface area contributed by atoms with Gasteiger partial charge in [0.25, 0.3) is 5.92 Å². The summed E-state index contributed by atoms with van der Waals surface area (Å²) in [5.74, 6) is -3.34. The van der Waals surface area contributed by atoms with Gasteiger partial charge in [0.05, 0.1) is 7.11 Å². The molecule has 21 heavy (non-hydrogen) atoms. The predicted octanol–water partition coefficient (Wildman–Crippen LogP) is 4.66. The summed E-state index contributed by atoms with van der Waals surface area (Å²) in [4.78, 5) is 3.80. The molecule has 0 bridgehead atoms. The molecule has 1 N–H and O–H groups in total. The lowest BCUT2D eigenvalue weighted by molar-refractivity contribution is -0.0101. The van der Waals surface area contributed by atoms with E-state index in [0.29, 0.717) is 4.47 Å². The molecule has 0 saturated heterocycles. The van der Waals surface area contributed by atoms with Crippen LogP contribution in [0.5, 0.6) is 11.6 Å². The topological polar surface area (TPSA) is 42.4 Å². The number of ether oxygens (including phenoxy) is 1. The van der Waals surface area contributed by atoms with Crippen LogP contribution >= 0.6 is 31.9 Å². The van der Waals surface area contributed by atoms with Crippen molar-refractivity contribution in [2.24, 2.45) is 0 Å². The van der Waals surface area contributed by atoms with Gasteiger partial charge in [0.15, 0.2) is 0 Å². The van der Waals surface area contributed by atoms with Crippen molar-refractivity contribution in [3.63, 3.8) is 0 Å². The normalized spacial score (nSPS) is 11.5. The highest BCUT2D eigenvalue weighted by atomic mass is 79.9. The number of aromatic nitrogens is 1. The first kappa shape index (κ1) is 16.2. The third-order valence-corrected chi connectivity index (χ3v) is 3.97. The van der Waals surface area contributed by atoms with Crippen molar-refractivity contribution in [3.8, 4) is 11.6 Å². The minimum atomic E-state index is -3.25. The third kappa shape index (κ3) is 3.71. The molecular formula is C14H11Br2F2NO2. The smallest absolute Gasteiger partial charge is 0.295 e. The minimum absolute atomic E-state index is 0.105. The SMILES string of the molecule is COc1ccc(Br)c(C(F)(F)Cc2ccc(Br)cc2O)n1. The summed E-state index contributed by atoms with van der Waals surface area (Å²) in [6.45, 7) is 0. The molecule has 2 aromatic rings. The summed E-state index contributed by atoms with van der Waals surface area (Å²) in [6.07, 6.45) is -0.662. The van der Waals surface area contributed by atoms with Crippen LogP contribution in [0.1, 0.15) is 11.3 Å². The van der Waals surface area contributed by atoms with Gasteiger partial charge in [-0.25, -0.2) is 4.98 Å². The maximum Gasteiger partial charge on any atom is 0.295 e. The van der Waals surface area contributed by atoms with E-state index in [1.165, 1.54) is 31.4 Å². The second kappa shape index (κ2) is 6.27. The number of pyridine rings is 1. The fourth-order valence-corrected chi connectivity index (χ4v) is 2.66. The summed E-state index contributed by atoms with van der Waals surface area (Å²) >= 11 is 6.24. The van der Waals surface area contributed by atoms with Crippen LogP contribution < -0.4 is 4.74 Å². The van der Waals surface area contributed by atoms with Crippen LogP contribution in [0, 0.1) is 0 Å². The Morgan fingerprint density at radius 2 is 1.95 bits per heavy atom. The highest BCUT2D eigenvalue weighted by molar-refractivity contribution is 9.10. The van der Waals surface area contributed by atoms with Gasteiger partial charge in [-0.2, -0.15) is 8.78 Å². The van der Waals surface area contributed by atoms with Gasteiger partial charge in [0.2, 0.25) is 5.88 Å². The zero-order chi connectivity index (χ0) is 15.6. The van der Waals surface area contributed by atoms with E-state index in [4.69, 9.17) is 4.74 Å². The molecule has 2 rings (SSSR count). The van der Waals surface area contributed by atoms with Crippen LogP contribution in [-0.4, -0.2) is 17.2 Å². The molecule has 1 aromatic carbocycles. The van der Waals surface area contributed by atoms with Gasteiger partial charge < -0.3 is 9.84 Å². The lowest BCUT2D eigenvalue weighted by atomic mass is 10.0. The molecule has 112 valence electrons. The molecule has 1 aromatic heterocycles. The number of benzene rings is 1. The molecule has 7 heteroatoms. The largest absolute Gasteiger partial charge is 0.508 e. The van der Waals surface area contributed by atoms with Gasteiger partial charge in [-0.15, -0.1) is 0 Å². The standard InChI is InChI=1S/C14H11Br2F2NO2/c1-21-12-5-4-10(16)13(19-12)14(17,18)7-8-2-3-9(15)6-11(8)20/h2-6,20H,7H2,1H3. The third-order valence-electron chi connectivity index (χ3n) is 2.84. The van der Waals surface area contributed by atoms with E-state index >= 15 is 0 Å². The van der Waals surface area contributed by atoms with E-state index in [1.807, 2.05) is 0 Å². The van der Waals surface area contributed by atoms with Crippen molar-refractivity contribution in [1.82, 2.24) is 4.98 Å². The molecule has 3 nitrogen and oxygen atoms in total. The Hall–Kier alpha value is -1.21. The lowest BCUT2D eigenvalue weighted by Gasteiger charge is -2.18. The molecule has 0 amide bonds. The number of hydrogen-bond donors (Lipinski definition) is 1. The lowest BCUT2D eigenvalue weighted by Crippen LogP contribution is -2.20. The number of nitrogens with zero attached hydrogens (tertiary/aromatic N) is 1. The Kier molecular flexibility index (Phi) is 4.83. The van der Waals surface area contributed by atoms with Crippen molar-refractivity contribution < 1.29 is 18.6 Å². The van der Waals surface area contributed by atoms with Crippen LogP contribution in [0.4, 0.5) is 8.78 Å². The van der Waals surface area contributed by atoms with Crippen molar-refractivity contribution in [3.05, 3.63) is 50.5 Å². The summed E-state index contributed by atoms with van der Waals surface area (Å²) in [5.41, 5.74) is -0.288. The van der Waals surface area contributed by atoms with Crippen molar-refractivity contribution in [2.75, 3.05) is 7.11 Å². The number of rotatable bonds is 4. The first-order chi connectivity index (χ1) is 9.83. The van der Waals surface area contributed by atoms with E-state index in [-0.39, 0.29) is 21.7 Å². The fraction of sp³-hybridized carbons (Fsp3) is 0.214. The van der Waals surface area contributed by atoms with E-state index in [2.05, 4.69) is 36.8 Å². The number of phenolic OH excluding ortho intramolecular Hbond substituents is 1. The molecular weight excluding hydrogens is 412 g/mol. The zero-order valence-electron chi connectivity index (χ0n) is 10.9. The number of methoxy groups -OCH3 is 1. The minimum Gasteiger partial charge on any atom is -0.508 e. The number of aromatic hydroxyl groups is 1. The fourth-order valence-electron chi connectivity index (χ4n) is 1.80. The molecule has 1 heterocycles. The summed E-state index contributed by atoms with van der Waals surface area (Å²) in [6, 6.07) is 7.36. The number of hydrogen-bond acceptors (Lipinski definition) is 3. The highest BCUT2D eigenvalue weighted by Gasteiger charge is 2.37. The predicted molar refractivity (Wildman–Crippen MR) is 81.9 cm³/mol. The molecule has 0 fully saturated rings. The first-order valence-electron chi connectivity index (χ1n) is 5.89. The number of halogens is 4. The van der Waals surface area contributed by atoms with Crippen molar-refractivity contribution >= 4 is 31.9 Å². The number of phenols is 1. The van der Waals surface area contributed by atoms with E-state index in [1.54, 1.807) is 6.07 Å². The Morgan fingerprint density at radius 1 is 1.24 bits per heavy atom.